The van der Waals surface area contributed by atoms with Crippen molar-refractivity contribution in [2.45, 2.75) is 13.1 Å². The Balaban J connectivity index is 2.05. The third-order valence-corrected chi connectivity index (χ3v) is 3.19. The van der Waals surface area contributed by atoms with Gasteiger partial charge in [-0.25, -0.2) is 0 Å². The monoisotopic (exact) mass is 300 g/mol. The van der Waals surface area contributed by atoms with Gasteiger partial charge < -0.3 is 14.6 Å². The second-order valence-corrected chi connectivity index (χ2v) is 4.89. The van der Waals surface area contributed by atoms with Gasteiger partial charge in [0.15, 0.2) is 0 Å². The number of methoxy groups -OCH3 is 1. The summed E-state index contributed by atoms with van der Waals surface area (Å²) in [6, 6.07) is 3.49. The minimum absolute atomic E-state index is 0.505. The predicted octanol–water partition coefficient (Wildman–Crippen LogP) is 2.42. The van der Waals surface area contributed by atoms with E-state index in [9.17, 15) is 0 Å². The average Bonchev–Trinajstić information content (AvgIpc) is 2.75. The maximum atomic E-state index is 6.07. The largest absolute Gasteiger partial charge is 0.495 e. The Morgan fingerprint density at radius 1 is 1.32 bits per heavy atom. The molecule has 19 heavy (non-hydrogen) atoms. The van der Waals surface area contributed by atoms with Crippen molar-refractivity contribution in [1.29, 1.82) is 0 Å². The lowest BCUT2D eigenvalue weighted by molar-refractivity contribution is 0.407. The van der Waals surface area contributed by atoms with Crippen molar-refractivity contribution in [3.05, 3.63) is 39.9 Å². The van der Waals surface area contributed by atoms with E-state index in [1.54, 1.807) is 19.5 Å². The second kappa shape index (κ2) is 6.23. The van der Waals surface area contributed by atoms with E-state index < -0.39 is 0 Å². The van der Waals surface area contributed by atoms with E-state index >= 15 is 0 Å². The first-order chi connectivity index (χ1) is 9.11. The summed E-state index contributed by atoms with van der Waals surface area (Å²) < 4.78 is 7.14. The number of hydrogen-bond acceptors (Lipinski definition) is 4. The summed E-state index contributed by atoms with van der Waals surface area (Å²) in [4.78, 5) is 0. The van der Waals surface area contributed by atoms with Crippen LogP contribution in [0.1, 0.15) is 11.4 Å². The van der Waals surface area contributed by atoms with E-state index in [0.29, 0.717) is 28.9 Å². The van der Waals surface area contributed by atoms with E-state index in [2.05, 4.69) is 15.5 Å². The van der Waals surface area contributed by atoms with Crippen molar-refractivity contribution < 1.29 is 4.74 Å². The summed E-state index contributed by atoms with van der Waals surface area (Å²) in [6.45, 7) is 1.18. The van der Waals surface area contributed by atoms with Crippen LogP contribution in [-0.4, -0.2) is 21.9 Å². The molecule has 7 heteroatoms. The highest BCUT2D eigenvalue weighted by Crippen LogP contribution is 2.32. The Labute approximate surface area is 121 Å². The van der Waals surface area contributed by atoms with E-state index in [1.807, 2.05) is 17.7 Å². The van der Waals surface area contributed by atoms with Crippen LogP contribution >= 0.6 is 23.2 Å². The maximum absolute atomic E-state index is 6.07. The van der Waals surface area contributed by atoms with Crippen molar-refractivity contribution in [3.8, 4) is 5.75 Å². The molecule has 0 radical (unpaired) electrons. The van der Waals surface area contributed by atoms with Gasteiger partial charge in [0.05, 0.1) is 18.7 Å². The summed E-state index contributed by atoms with van der Waals surface area (Å²) in [6.07, 6.45) is 1.66. The molecule has 0 aliphatic heterocycles. The van der Waals surface area contributed by atoms with Crippen LogP contribution < -0.4 is 10.1 Å². The lowest BCUT2D eigenvalue weighted by Crippen LogP contribution is -2.16. The average molecular weight is 301 g/mol. The summed E-state index contributed by atoms with van der Waals surface area (Å²) in [5.74, 6) is 1.49. The number of hydrogen-bond donors (Lipinski definition) is 1. The number of benzene rings is 1. The number of nitrogens with one attached hydrogen (secondary N) is 1. The van der Waals surface area contributed by atoms with Crippen LogP contribution in [0.25, 0.3) is 0 Å². The van der Waals surface area contributed by atoms with Crippen molar-refractivity contribution in [2.24, 2.45) is 7.05 Å². The Kier molecular flexibility index (Phi) is 4.63. The zero-order valence-electron chi connectivity index (χ0n) is 10.7. The third-order valence-electron chi connectivity index (χ3n) is 2.69. The highest BCUT2D eigenvalue weighted by atomic mass is 35.5. The first kappa shape index (κ1) is 14.1. The number of rotatable bonds is 5. The van der Waals surface area contributed by atoms with Gasteiger partial charge in [0.1, 0.15) is 17.9 Å². The molecule has 1 N–H and O–H groups in total. The molecule has 102 valence electrons. The van der Waals surface area contributed by atoms with Gasteiger partial charge in [0.25, 0.3) is 0 Å². The lowest BCUT2D eigenvalue weighted by atomic mass is 10.2. The van der Waals surface area contributed by atoms with Crippen LogP contribution in [-0.2, 0) is 20.1 Å². The number of aryl methyl sites for hydroxylation is 1. The number of halogens is 2. The van der Waals surface area contributed by atoms with E-state index in [0.717, 1.165) is 11.4 Å². The molecule has 0 bridgehead atoms. The molecule has 1 heterocycles. The van der Waals surface area contributed by atoms with Crippen molar-refractivity contribution >= 4 is 23.2 Å². The van der Waals surface area contributed by atoms with Crippen LogP contribution in [0, 0.1) is 0 Å². The first-order valence-electron chi connectivity index (χ1n) is 5.67. The number of ether oxygens (including phenoxy) is 1. The predicted molar refractivity (Wildman–Crippen MR) is 74.6 cm³/mol. The molecular weight excluding hydrogens is 287 g/mol. The topological polar surface area (TPSA) is 52.0 Å². The Morgan fingerprint density at radius 3 is 2.74 bits per heavy atom. The van der Waals surface area contributed by atoms with Crippen molar-refractivity contribution in [2.75, 3.05) is 7.11 Å². The molecule has 0 spiro atoms. The van der Waals surface area contributed by atoms with Crippen molar-refractivity contribution in [1.82, 2.24) is 20.1 Å². The lowest BCUT2D eigenvalue weighted by Gasteiger charge is -2.11. The normalized spacial score (nSPS) is 10.7. The smallest absolute Gasteiger partial charge is 0.146 e. The van der Waals surface area contributed by atoms with E-state index in [4.69, 9.17) is 27.9 Å². The molecule has 1 aromatic carbocycles. The quantitative estimate of drug-likeness (QED) is 0.921. The highest BCUT2D eigenvalue weighted by Gasteiger charge is 2.10. The highest BCUT2D eigenvalue weighted by molar-refractivity contribution is 6.35. The molecule has 0 atom stereocenters. The van der Waals surface area contributed by atoms with Crippen LogP contribution in [0.3, 0.4) is 0 Å². The van der Waals surface area contributed by atoms with Crippen LogP contribution in [0.4, 0.5) is 0 Å². The van der Waals surface area contributed by atoms with Gasteiger partial charge in [-0.2, -0.15) is 0 Å². The molecule has 0 aliphatic carbocycles. The van der Waals surface area contributed by atoms with E-state index in [-0.39, 0.29) is 0 Å². The maximum Gasteiger partial charge on any atom is 0.146 e. The molecule has 2 aromatic rings. The number of aromatic nitrogens is 3. The minimum atomic E-state index is 0.505. The molecule has 0 saturated carbocycles. The van der Waals surface area contributed by atoms with Crippen LogP contribution in [0.15, 0.2) is 18.5 Å². The molecule has 0 amide bonds. The fourth-order valence-electron chi connectivity index (χ4n) is 1.75. The minimum Gasteiger partial charge on any atom is -0.495 e. The zero-order chi connectivity index (χ0) is 13.8. The molecule has 0 unspecified atom stereocenters. The molecule has 0 saturated heterocycles. The fraction of sp³-hybridized carbons (Fsp3) is 0.333. The summed E-state index contributed by atoms with van der Waals surface area (Å²) >= 11 is 12.1. The summed E-state index contributed by atoms with van der Waals surface area (Å²) in [7, 11) is 3.48. The molecule has 0 aliphatic rings. The fourth-order valence-corrected chi connectivity index (χ4v) is 2.36. The molecule has 2 rings (SSSR count). The van der Waals surface area contributed by atoms with Crippen LogP contribution in [0.5, 0.6) is 5.75 Å². The SMILES string of the molecule is COc1c(Cl)cc(Cl)cc1CNCc1nncn1C. The Bertz CT molecular complexity index is 571. The van der Waals surface area contributed by atoms with Gasteiger partial charge in [-0.1, -0.05) is 23.2 Å². The molecule has 5 nitrogen and oxygen atoms in total. The molecule has 0 fully saturated rings. The first-order valence-corrected chi connectivity index (χ1v) is 6.43. The third kappa shape index (κ3) is 3.37. The van der Waals surface area contributed by atoms with Gasteiger partial charge in [-0.15, -0.1) is 10.2 Å². The van der Waals surface area contributed by atoms with Crippen LogP contribution in [0.2, 0.25) is 10.0 Å². The molecule has 1 aromatic heterocycles. The Morgan fingerprint density at radius 2 is 2.11 bits per heavy atom. The van der Waals surface area contributed by atoms with Crippen molar-refractivity contribution in [3.63, 3.8) is 0 Å². The van der Waals surface area contributed by atoms with Gasteiger partial charge in [-0.05, 0) is 12.1 Å². The standard InChI is InChI=1S/C12H14Cl2N4O/c1-18-7-16-17-11(18)6-15-5-8-3-9(13)4-10(14)12(8)19-2/h3-4,7,15H,5-6H2,1-2H3. The second-order valence-electron chi connectivity index (χ2n) is 4.04. The summed E-state index contributed by atoms with van der Waals surface area (Å²) in [5, 5.41) is 12.2. The van der Waals surface area contributed by atoms with Gasteiger partial charge in [0, 0.05) is 24.2 Å². The Hall–Kier alpha value is -1.30. The number of nitrogens with zero attached hydrogens (tertiary/aromatic N) is 3. The summed E-state index contributed by atoms with van der Waals surface area (Å²) in [5.41, 5.74) is 0.905. The van der Waals surface area contributed by atoms with Gasteiger partial charge in [-0.3, -0.25) is 0 Å². The van der Waals surface area contributed by atoms with E-state index in [1.165, 1.54) is 0 Å². The zero-order valence-corrected chi connectivity index (χ0v) is 12.2. The molecular formula is C12H14Cl2N4O. The van der Waals surface area contributed by atoms with Gasteiger partial charge in [0.2, 0.25) is 0 Å². The van der Waals surface area contributed by atoms with Gasteiger partial charge >= 0.3 is 0 Å².